The molecule has 0 saturated carbocycles. The van der Waals surface area contributed by atoms with Gasteiger partial charge in [-0.3, -0.25) is 9.78 Å². The quantitative estimate of drug-likeness (QED) is 0.790. The molecule has 0 fully saturated rings. The topological polar surface area (TPSA) is 83.8 Å². The molecule has 2 rings (SSSR count). The van der Waals surface area contributed by atoms with Crippen LogP contribution in [-0.2, 0) is 16.2 Å². The Hall–Kier alpha value is -2.37. The Morgan fingerprint density at radius 1 is 1.28 bits per heavy atom. The standard InChI is InChI=1S/C13H11F6N3O3/c14-12(15,16)11(24,13(17,18)19)9-4-8(22-25-9)10(23)21-6-7-2-1-3-20-5-7/h1-3,5,9,24H,4,6H2,(H,21,23). The van der Waals surface area contributed by atoms with Crippen molar-refractivity contribution in [1.29, 1.82) is 0 Å². The van der Waals surface area contributed by atoms with E-state index in [-0.39, 0.29) is 6.54 Å². The third-order valence-corrected chi connectivity index (χ3v) is 3.44. The third-order valence-electron chi connectivity index (χ3n) is 3.44. The van der Waals surface area contributed by atoms with E-state index >= 15 is 0 Å². The Kier molecular flexibility index (Phi) is 4.93. The van der Waals surface area contributed by atoms with Crippen molar-refractivity contribution in [1.82, 2.24) is 10.3 Å². The Balaban J connectivity index is 2.05. The molecule has 6 nitrogen and oxygen atoms in total. The lowest BCUT2D eigenvalue weighted by Crippen LogP contribution is -2.64. The molecule has 1 aliphatic rings. The third kappa shape index (κ3) is 3.67. The minimum absolute atomic E-state index is 0.0703. The highest BCUT2D eigenvalue weighted by Crippen LogP contribution is 2.47. The average molecular weight is 371 g/mol. The number of hydrogen-bond acceptors (Lipinski definition) is 5. The molecule has 0 spiro atoms. The second-order valence-electron chi connectivity index (χ2n) is 5.14. The van der Waals surface area contributed by atoms with Crippen LogP contribution in [0, 0.1) is 0 Å². The summed E-state index contributed by atoms with van der Waals surface area (Å²) in [6.07, 6.45) is -13.2. The number of oxime groups is 1. The number of carbonyl (C=O) groups excluding carboxylic acids is 1. The summed E-state index contributed by atoms with van der Waals surface area (Å²) in [6.45, 7) is -0.0703. The van der Waals surface area contributed by atoms with Crippen LogP contribution in [0.2, 0.25) is 0 Å². The average Bonchev–Trinajstić information content (AvgIpc) is 3.00. The molecule has 0 saturated heterocycles. The Morgan fingerprint density at radius 3 is 2.44 bits per heavy atom. The fourth-order valence-electron chi connectivity index (χ4n) is 2.05. The van der Waals surface area contributed by atoms with Crippen molar-refractivity contribution >= 4 is 11.6 Å². The van der Waals surface area contributed by atoms with Gasteiger partial charge in [-0.25, -0.2) is 0 Å². The number of pyridine rings is 1. The van der Waals surface area contributed by atoms with E-state index in [1.54, 1.807) is 12.1 Å². The number of hydrogen-bond donors (Lipinski definition) is 2. The van der Waals surface area contributed by atoms with E-state index in [4.69, 9.17) is 0 Å². The molecule has 1 aromatic rings. The first-order valence-corrected chi connectivity index (χ1v) is 6.72. The molecule has 1 amide bonds. The maximum absolute atomic E-state index is 12.7. The number of nitrogens with one attached hydrogen (secondary N) is 1. The normalized spacial score (nSPS) is 18.5. The van der Waals surface area contributed by atoms with Crippen LogP contribution in [-0.4, -0.2) is 45.8 Å². The van der Waals surface area contributed by atoms with Gasteiger partial charge in [-0.2, -0.15) is 26.3 Å². The molecule has 1 atom stereocenters. The smallest absolute Gasteiger partial charge is 0.388 e. The number of alkyl halides is 6. The zero-order valence-corrected chi connectivity index (χ0v) is 12.2. The fraction of sp³-hybridized carbons (Fsp3) is 0.462. The minimum Gasteiger partial charge on any atom is -0.388 e. The molecule has 138 valence electrons. The maximum atomic E-state index is 12.7. The molecular weight excluding hydrogens is 360 g/mol. The maximum Gasteiger partial charge on any atom is 0.430 e. The number of halogens is 6. The molecule has 25 heavy (non-hydrogen) atoms. The van der Waals surface area contributed by atoms with Gasteiger partial charge < -0.3 is 15.3 Å². The largest absolute Gasteiger partial charge is 0.430 e. The summed E-state index contributed by atoms with van der Waals surface area (Å²) in [7, 11) is 0. The summed E-state index contributed by atoms with van der Waals surface area (Å²) in [4.78, 5) is 19.7. The molecular formula is C13H11F6N3O3. The number of carbonyl (C=O) groups is 1. The lowest BCUT2D eigenvalue weighted by molar-refractivity contribution is -0.392. The van der Waals surface area contributed by atoms with Crippen molar-refractivity contribution in [3.63, 3.8) is 0 Å². The van der Waals surface area contributed by atoms with Gasteiger partial charge in [0.05, 0.1) is 0 Å². The van der Waals surface area contributed by atoms with Crippen LogP contribution in [0.1, 0.15) is 12.0 Å². The fourth-order valence-corrected chi connectivity index (χ4v) is 2.05. The number of nitrogens with zero attached hydrogens (tertiary/aromatic N) is 2. The molecule has 2 N–H and O–H groups in total. The van der Waals surface area contributed by atoms with E-state index in [1.165, 1.54) is 12.4 Å². The first-order chi connectivity index (χ1) is 11.5. The van der Waals surface area contributed by atoms with E-state index in [1.807, 2.05) is 0 Å². The summed E-state index contributed by atoms with van der Waals surface area (Å²) in [6, 6.07) is 3.16. The lowest BCUT2D eigenvalue weighted by Gasteiger charge is -2.35. The van der Waals surface area contributed by atoms with Crippen LogP contribution < -0.4 is 5.32 Å². The van der Waals surface area contributed by atoms with E-state index < -0.39 is 42.1 Å². The van der Waals surface area contributed by atoms with Gasteiger partial charge >= 0.3 is 12.4 Å². The predicted molar refractivity (Wildman–Crippen MR) is 70.1 cm³/mol. The van der Waals surface area contributed by atoms with Crippen molar-refractivity contribution in [2.24, 2.45) is 5.16 Å². The van der Waals surface area contributed by atoms with Gasteiger partial charge in [0.15, 0.2) is 6.10 Å². The summed E-state index contributed by atoms with van der Waals surface area (Å²) in [5.41, 5.74) is -5.29. The van der Waals surface area contributed by atoms with Crippen LogP contribution in [0.15, 0.2) is 29.7 Å². The Labute approximate surface area is 136 Å². The molecule has 0 bridgehead atoms. The first-order valence-electron chi connectivity index (χ1n) is 6.72. The molecule has 1 unspecified atom stereocenters. The number of amides is 1. The minimum atomic E-state index is -6.06. The summed E-state index contributed by atoms with van der Waals surface area (Å²) < 4.78 is 76.4. The first kappa shape index (κ1) is 19.0. The van der Waals surface area contributed by atoms with Gasteiger partial charge in [0.1, 0.15) is 5.71 Å². The van der Waals surface area contributed by atoms with E-state index in [9.17, 15) is 36.2 Å². The van der Waals surface area contributed by atoms with Gasteiger partial charge in [0, 0.05) is 25.4 Å². The highest BCUT2D eigenvalue weighted by Gasteiger charge is 2.76. The summed E-state index contributed by atoms with van der Waals surface area (Å²) in [5.74, 6) is -1.02. The molecule has 2 heterocycles. The predicted octanol–water partition coefficient (Wildman–Crippen LogP) is 1.70. The molecule has 0 aliphatic carbocycles. The van der Waals surface area contributed by atoms with Crippen LogP contribution in [0.5, 0.6) is 0 Å². The summed E-state index contributed by atoms with van der Waals surface area (Å²) in [5, 5.41) is 14.4. The van der Waals surface area contributed by atoms with Gasteiger partial charge in [0.2, 0.25) is 0 Å². The van der Waals surface area contributed by atoms with Crippen LogP contribution in [0.3, 0.4) is 0 Å². The van der Waals surface area contributed by atoms with Crippen molar-refractivity contribution in [2.75, 3.05) is 0 Å². The second-order valence-corrected chi connectivity index (χ2v) is 5.14. The Bertz CT molecular complexity index is 645. The van der Waals surface area contributed by atoms with Gasteiger partial charge in [-0.05, 0) is 11.6 Å². The SMILES string of the molecule is O=C(NCc1cccnc1)C1=NOC(C(O)(C(F)(F)F)C(F)(F)F)C1. The molecule has 0 aromatic carbocycles. The molecule has 1 aromatic heterocycles. The van der Waals surface area contributed by atoms with Crippen molar-refractivity contribution in [3.05, 3.63) is 30.1 Å². The van der Waals surface area contributed by atoms with E-state index in [0.29, 0.717) is 5.56 Å². The van der Waals surface area contributed by atoms with E-state index in [0.717, 1.165) is 0 Å². The highest BCUT2D eigenvalue weighted by molar-refractivity contribution is 6.39. The number of rotatable bonds is 4. The number of aliphatic hydroxyl groups is 1. The van der Waals surface area contributed by atoms with Crippen molar-refractivity contribution < 1.29 is 41.1 Å². The second kappa shape index (κ2) is 6.50. The monoisotopic (exact) mass is 371 g/mol. The van der Waals surface area contributed by atoms with Crippen molar-refractivity contribution in [2.45, 2.75) is 37.0 Å². The summed E-state index contributed by atoms with van der Waals surface area (Å²) >= 11 is 0. The highest BCUT2D eigenvalue weighted by atomic mass is 19.4. The van der Waals surface area contributed by atoms with Crippen LogP contribution >= 0.6 is 0 Å². The molecule has 1 aliphatic heterocycles. The number of aromatic nitrogens is 1. The Morgan fingerprint density at radius 2 is 1.92 bits per heavy atom. The molecule has 12 heteroatoms. The van der Waals surface area contributed by atoms with Gasteiger partial charge in [0.25, 0.3) is 11.5 Å². The van der Waals surface area contributed by atoms with Crippen molar-refractivity contribution in [3.8, 4) is 0 Å². The molecule has 0 radical (unpaired) electrons. The van der Waals surface area contributed by atoms with Gasteiger partial charge in [-0.15, -0.1) is 0 Å². The van der Waals surface area contributed by atoms with Crippen LogP contribution in [0.4, 0.5) is 26.3 Å². The van der Waals surface area contributed by atoms with Gasteiger partial charge in [-0.1, -0.05) is 11.2 Å². The zero-order valence-electron chi connectivity index (χ0n) is 12.2. The lowest BCUT2D eigenvalue weighted by atomic mass is 9.91. The zero-order chi connectivity index (χ0) is 18.9. The van der Waals surface area contributed by atoms with Crippen LogP contribution in [0.25, 0.3) is 0 Å². The van der Waals surface area contributed by atoms with E-state index in [2.05, 4.69) is 20.3 Å².